The zero-order valence-electron chi connectivity index (χ0n) is 63.8. The molecule has 19 heteroatoms. The van der Waals surface area contributed by atoms with Crippen LogP contribution in [0.3, 0.4) is 0 Å². The van der Waals surface area contributed by atoms with E-state index in [2.05, 4.69) is 67.8 Å². The number of aliphatic hydroxyl groups excluding tert-OH is 11. The molecule has 3 fully saturated rings. The number of amides is 1. The third kappa shape index (κ3) is 42.9. The molecule has 3 saturated heterocycles. The lowest BCUT2D eigenvalue weighted by atomic mass is 9.96. The average Bonchev–Trinajstić information content (AvgIpc) is 0.781. The standard InChI is InChI=1S/C83H151NO18/c1-3-5-7-9-11-13-15-17-19-21-23-24-25-26-27-28-29-30-31-32-33-34-35-36-37-38-39-40-41-42-43-45-47-49-51-53-55-57-59-61-71(89)84-66(67(88)60-58-56-54-52-50-48-46-44-22-20-18-16-14-12-10-8-6-4-2)65-97-81-77(95)74(92)79(69(63-86)99-81)102-83-78(96)75(93)80(70(64-87)100-83)101-82-76(94)73(91)72(90)68(62-85)98-82/h15,17,21,23,25-26,50,52,58,60,66-70,72-83,85-88,90-96H,3-14,16,18-20,22,24,27-49,51,53-57,59,61-65H2,1-2H3,(H,84,89)/b17-15-,23-21-,26-25-,52-50+,60-58+. The molecule has 3 aliphatic rings. The second kappa shape index (κ2) is 63.4. The van der Waals surface area contributed by atoms with Crippen LogP contribution in [-0.2, 0) is 33.2 Å². The van der Waals surface area contributed by atoms with Gasteiger partial charge < -0.3 is 89.9 Å². The summed E-state index contributed by atoms with van der Waals surface area (Å²) < 4.78 is 34.4. The van der Waals surface area contributed by atoms with E-state index in [0.29, 0.717) is 12.8 Å². The van der Waals surface area contributed by atoms with Gasteiger partial charge in [-0.3, -0.25) is 4.79 Å². The van der Waals surface area contributed by atoms with Crippen molar-refractivity contribution in [3.63, 3.8) is 0 Å². The molecule has 1 amide bonds. The van der Waals surface area contributed by atoms with Crippen LogP contribution in [0.4, 0.5) is 0 Å². The fourth-order valence-electron chi connectivity index (χ4n) is 13.9. The fourth-order valence-corrected chi connectivity index (χ4v) is 13.9. The number of carbonyl (C=O) groups excluding carboxylic acids is 1. The van der Waals surface area contributed by atoms with Gasteiger partial charge in [0, 0.05) is 6.42 Å². The Morgan fingerprint density at radius 2 is 0.657 bits per heavy atom. The molecule has 102 heavy (non-hydrogen) atoms. The predicted molar refractivity (Wildman–Crippen MR) is 406 cm³/mol. The Bertz CT molecular complexity index is 2080. The minimum absolute atomic E-state index is 0.238. The van der Waals surface area contributed by atoms with Crippen molar-refractivity contribution in [3.05, 3.63) is 60.8 Å². The van der Waals surface area contributed by atoms with Gasteiger partial charge in [0.2, 0.25) is 5.91 Å². The molecule has 17 unspecified atom stereocenters. The first kappa shape index (κ1) is 93.7. The molecule has 3 heterocycles. The Balaban J connectivity index is 1.31. The maximum atomic E-state index is 13.5. The Morgan fingerprint density at radius 1 is 0.353 bits per heavy atom. The van der Waals surface area contributed by atoms with Crippen LogP contribution in [0.1, 0.15) is 328 Å². The molecule has 19 nitrogen and oxygen atoms in total. The maximum absolute atomic E-state index is 13.5. The highest BCUT2D eigenvalue weighted by molar-refractivity contribution is 5.76. The van der Waals surface area contributed by atoms with Gasteiger partial charge in [0.1, 0.15) is 73.2 Å². The SMILES string of the molecule is CCCCCCC/C=C\C/C=C\C/C=C\CCCCCCCCCCCCCCCCCCCCCCCCCCC(=O)NC(COC1OC(CO)C(OC2OC(CO)C(OC3OC(CO)C(O)C(O)C3O)C(O)C2O)C(O)C1O)C(O)/C=C/CC/C=C/CCCCCCCCCCCCCC. The van der Waals surface area contributed by atoms with Crippen molar-refractivity contribution in [2.75, 3.05) is 26.4 Å². The number of nitrogens with one attached hydrogen (secondary N) is 1. The summed E-state index contributed by atoms with van der Waals surface area (Å²) in [5.41, 5.74) is 0. The number of rotatable bonds is 66. The molecule has 596 valence electrons. The van der Waals surface area contributed by atoms with Gasteiger partial charge in [0.05, 0.1) is 38.6 Å². The Labute approximate surface area is 617 Å². The minimum atomic E-state index is -1.98. The summed E-state index contributed by atoms with van der Waals surface area (Å²) in [6, 6.07) is -0.991. The van der Waals surface area contributed by atoms with Crippen LogP contribution in [0.15, 0.2) is 60.8 Å². The smallest absolute Gasteiger partial charge is 0.220 e. The molecule has 0 aromatic heterocycles. The van der Waals surface area contributed by atoms with Gasteiger partial charge in [-0.25, -0.2) is 0 Å². The van der Waals surface area contributed by atoms with E-state index >= 15 is 0 Å². The summed E-state index contributed by atoms with van der Waals surface area (Å²) >= 11 is 0. The van der Waals surface area contributed by atoms with Crippen molar-refractivity contribution >= 4 is 5.91 Å². The van der Waals surface area contributed by atoms with Crippen LogP contribution < -0.4 is 5.32 Å². The third-order valence-corrected chi connectivity index (χ3v) is 20.5. The number of unbranched alkanes of at least 4 members (excludes halogenated alkanes) is 42. The molecule has 0 bridgehead atoms. The number of aliphatic hydroxyl groups is 11. The molecular weight excluding hydrogens is 1300 g/mol. The van der Waals surface area contributed by atoms with E-state index in [1.54, 1.807) is 6.08 Å². The Morgan fingerprint density at radius 3 is 1.05 bits per heavy atom. The van der Waals surface area contributed by atoms with E-state index in [0.717, 1.165) is 51.4 Å². The van der Waals surface area contributed by atoms with Crippen molar-refractivity contribution in [3.8, 4) is 0 Å². The van der Waals surface area contributed by atoms with E-state index in [1.807, 2.05) is 6.08 Å². The van der Waals surface area contributed by atoms with E-state index < -0.39 is 124 Å². The van der Waals surface area contributed by atoms with Crippen molar-refractivity contribution in [2.45, 2.75) is 433 Å². The second-order valence-electron chi connectivity index (χ2n) is 29.6. The van der Waals surface area contributed by atoms with Crippen LogP contribution in [0.5, 0.6) is 0 Å². The topological polar surface area (TPSA) is 307 Å². The van der Waals surface area contributed by atoms with Crippen LogP contribution in [-0.4, -0.2) is 193 Å². The first-order valence-corrected chi connectivity index (χ1v) is 41.5. The highest BCUT2D eigenvalue weighted by Crippen LogP contribution is 2.33. The third-order valence-electron chi connectivity index (χ3n) is 20.5. The van der Waals surface area contributed by atoms with Crippen LogP contribution in [0.25, 0.3) is 0 Å². The maximum Gasteiger partial charge on any atom is 0.220 e. The van der Waals surface area contributed by atoms with Crippen molar-refractivity contribution in [1.82, 2.24) is 5.32 Å². The first-order chi connectivity index (χ1) is 49.8. The normalized spacial score (nSPS) is 26.5. The second-order valence-corrected chi connectivity index (χ2v) is 29.6. The van der Waals surface area contributed by atoms with Gasteiger partial charge in [-0.2, -0.15) is 0 Å². The molecule has 3 rings (SSSR count). The largest absolute Gasteiger partial charge is 0.394 e. The summed E-state index contributed by atoms with van der Waals surface area (Å²) in [7, 11) is 0. The molecule has 0 aliphatic carbocycles. The molecule has 3 aliphatic heterocycles. The molecule has 0 radical (unpaired) electrons. The Kier molecular flexibility index (Phi) is 58.3. The van der Waals surface area contributed by atoms with E-state index in [1.165, 1.54) is 244 Å². The lowest BCUT2D eigenvalue weighted by Gasteiger charge is -2.48. The summed E-state index contributed by atoms with van der Waals surface area (Å²) in [5, 5.41) is 121. The zero-order chi connectivity index (χ0) is 73.9. The molecule has 0 spiro atoms. The van der Waals surface area contributed by atoms with Gasteiger partial charge >= 0.3 is 0 Å². The Hall–Kier alpha value is -2.51. The number of hydrogen-bond donors (Lipinski definition) is 12. The molecule has 0 aromatic rings. The van der Waals surface area contributed by atoms with Crippen LogP contribution >= 0.6 is 0 Å². The molecule has 0 saturated carbocycles. The number of ether oxygens (including phenoxy) is 6. The van der Waals surface area contributed by atoms with Crippen LogP contribution in [0, 0.1) is 0 Å². The van der Waals surface area contributed by atoms with E-state index in [9.17, 15) is 61.0 Å². The first-order valence-electron chi connectivity index (χ1n) is 41.5. The highest BCUT2D eigenvalue weighted by atomic mass is 16.8. The lowest BCUT2D eigenvalue weighted by molar-refractivity contribution is -0.379. The number of hydrogen-bond acceptors (Lipinski definition) is 18. The lowest BCUT2D eigenvalue weighted by Crippen LogP contribution is -2.66. The number of carbonyl (C=O) groups is 1. The van der Waals surface area contributed by atoms with E-state index in [-0.39, 0.29) is 18.9 Å². The van der Waals surface area contributed by atoms with Gasteiger partial charge in [0.25, 0.3) is 0 Å². The molecular formula is C83H151NO18. The molecule has 12 N–H and O–H groups in total. The van der Waals surface area contributed by atoms with Gasteiger partial charge in [-0.15, -0.1) is 0 Å². The van der Waals surface area contributed by atoms with Crippen LogP contribution in [0.2, 0.25) is 0 Å². The zero-order valence-corrected chi connectivity index (χ0v) is 63.8. The molecule has 0 aromatic carbocycles. The summed E-state index contributed by atoms with van der Waals surface area (Å²) in [6.45, 7) is 1.74. The predicted octanol–water partition coefficient (Wildman–Crippen LogP) is 14.2. The highest BCUT2D eigenvalue weighted by Gasteiger charge is 2.54. The molecule has 17 atom stereocenters. The van der Waals surface area contributed by atoms with Crippen molar-refractivity contribution in [2.24, 2.45) is 0 Å². The van der Waals surface area contributed by atoms with Gasteiger partial charge in [-0.05, 0) is 70.6 Å². The van der Waals surface area contributed by atoms with Crippen molar-refractivity contribution < 1.29 is 89.4 Å². The van der Waals surface area contributed by atoms with E-state index in [4.69, 9.17) is 28.4 Å². The quantitative estimate of drug-likeness (QED) is 0.0199. The summed E-state index contributed by atoms with van der Waals surface area (Å²) in [4.78, 5) is 13.5. The summed E-state index contributed by atoms with van der Waals surface area (Å²) in [6.07, 6.45) is 55.2. The van der Waals surface area contributed by atoms with Crippen molar-refractivity contribution in [1.29, 1.82) is 0 Å². The number of allylic oxidation sites excluding steroid dienone is 9. The van der Waals surface area contributed by atoms with Gasteiger partial charge in [0.15, 0.2) is 18.9 Å². The minimum Gasteiger partial charge on any atom is -0.394 e. The summed E-state index contributed by atoms with van der Waals surface area (Å²) in [5.74, 6) is -0.280. The monoisotopic (exact) mass is 1450 g/mol. The average molecular weight is 1450 g/mol. The van der Waals surface area contributed by atoms with Gasteiger partial charge in [-0.1, -0.05) is 312 Å². The fraction of sp³-hybridized carbons (Fsp3) is 0.867.